The maximum atomic E-state index is 10.3. The minimum absolute atomic E-state index is 0.218. The molecule has 0 fully saturated rings. The number of hydrogen-bond acceptors (Lipinski definition) is 2. The predicted octanol–water partition coefficient (Wildman–Crippen LogP) is 0.660. The average Bonchev–Trinajstić information content (AvgIpc) is 1.98. The van der Waals surface area contributed by atoms with Crippen LogP contribution in [0.1, 0.15) is 32.6 Å². The molecule has 0 heterocycles. The second-order valence-corrected chi connectivity index (χ2v) is 2.82. The number of primary amides is 1. The van der Waals surface area contributed by atoms with Gasteiger partial charge in [0, 0.05) is 13.0 Å². The summed E-state index contributed by atoms with van der Waals surface area (Å²) in [5.74, 6) is 0.0899. The van der Waals surface area contributed by atoms with Crippen molar-refractivity contribution >= 4 is 5.91 Å². The van der Waals surface area contributed by atoms with Gasteiger partial charge >= 0.3 is 0 Å². The van der Waals surface area contributed by atoms with E-state index in [1.165, 1.54) is 0 Å². The number of hydrogen-bond donors (Lipinski definition) is 2. The Balaban J connectivity index is 3.28. The Morgan fingerprint density at radius 3 is 2.64 bits per heavy atom. The highest BCUT2D eigenvalue weighted by Crippen LogP contribution is 2.10. The molecule has 1 unspecified atom stereocenters. The molecule has 0 aliphatic carbocycles. The van der Waals surface area contributed by atoms with Gasteiger partial charge in [-0.15, -0.1) is 0 Å². The molecular weight excluding hydrogens is 142 g/mol. The molecule has 0 aromatic rings. The summed E-state index contributed by atoms with van der Waals surface area (Å²) in [6.45, 7) is 2.25. The first-order chi connectivity index (χ1) is 5.20. The van der Waals surface area contributed by atoms with Gasteiger partial charge in [-0.05, 0) is 18.8 Å². The minimum Gasteiger partial charge on any atom is -0.396 e. The number of carbonyl (C=O) groups is 1. The van der Waals surface area contributed by atoms with Crippen molar-refractivity contribution in [2.24, 2.45) is 11.7 Å². The Labute approximate surface area is 67.6 Å². The van der Waals surface area contributed by atoms with Crippen molar-refractivity contribution < 1.29 is 9.90 Å². The third-order valence-electron chi connectivity index (χ3n) is 1.87. The van der Waals surface area contributed by atoms with E-state index in [-0.39, 0.29) is 12.5 Å². The molecule has 3 N–H and O–H groups in total. The maximum Gasteiger partial charge on any atom is 0.217 e. The molecule has 0 aromatic carbocycles. The zero-order valence-electron chi connectivity index (χ0n) is 7.05. The standard InChI is InChI=1S/C8H17NO2/c1-2-7(6-10)4-3-5-8(9)11/h7,10H,2-6H2,1H3,(H2,9,11). The third kappa shape index (κ3) is 5.85. The SMILES string of the molecule is CCC(CO)CCCC(N)=O. The lowest BCUT2D eigenvalue weighted by atomic mass is 10.0. The van der Waals surface area contributed by atoms with Crippen LogP contribution in [-0.4, -0.2) is 17.6 Å². The lowest BCUT2D eigenvalue weighted by molar-refractivity contribution is -0.118. The number of rotatable bonds is 6. The van der Waals surface area contributed by atoms with Crippen molar-refractivity contribution in [3.63, 3.8) is 0 Å². The maximum absolute atomic E-state index is 10.3. The summed E-state index contributed by atoms with van der Waals surface area (Å²) < 4.78 is 0. The highest BCUT2D eigenvalue weighted by atomic mass is 16.3. The monoisotopic (exact) mass is 159 g/mol. The Bertz CT molecular complexity index is 111. The molecule has 1 atom stereocenters. The van der Waals surface area contributed by atoms with E-state index in [4.69, 9.17) is 10.8 Å². The quantitative estimate of drug-likeness (QED) is 0.598. The molecule has 3 heteroatoms. The molecule has 0 aliphatic rings. The molecule has 0 radical (unpaired) electrons. The van der Waals surface area contributed by atoms with Gasteiger partial charge in [-0.2, -0.15) is 0 Å². The van der Waals surface area contributed by atoms with Crippen LogP contribution in [0.25, 0.3) is 0 Å². The van der Waals surface area contributed by atoms with E-state index >= 15 is 0 Å². The zero-order chi connectivity index (χ0) is 8.69. The number of aliphatic hydroxyl groups is 1. The summed E-state index contributed by atoms with van der Waals surface area (Å²) in [7, 11) is 0. The van der Waals surface area contributed by atoms with Crippen LogP contribution < -0.4 is 5.73 Å². The van der Waals surface area contributed by atoms with Gasteiger partial charge < -0.3 is 10.8 Å². The molecule has 66 valence electrons. The van der Waals surface area contributed by atoms with E-state index in [1.807, 2.05) is 6.92 Å². The predicted molar refractivity (Wildman–Crippen MR) is 43.9 cm³/mol. The molecule has 0 rings (SSSR count). The molecule has 1 amide bonds. The van der Waals surface area contributed by atoms with Crippen LogP contribution in [0.15, 0.2) is 0 Å². The van der Waals surface area contributed by atoms with E-state index in [1.54, 1.807) is 0 Å². The molecule has 0 aromatic heterocycles. The topological polar surface area (TPSA) is 63.3 Å². The van der Waals surface area contributed by atoms with Gasteiger partial charge in [-0.1, -0.05) is 13.3 Å². The van der Waals surface area contributed by atoms with Crippen molar-refractivity contribution in [1.29, 1.82) is 0 Å². The summed E-state index contributed by atoms with van der Waals surface area (Å²) in [6.07, 6.45) is 3.11. The summed E-state index contributed by atoms with van der Waals surface area (Å²) >= 11 is 0. The van der Waals surface area contributed by atoms with Crippen molar-refractivity contribution in [2.75, 3.05) is 6.61 Å². The fraction of sp³-hybridized carbons (Fsp3) is 0.875. The van der Waals surface area contributed by atoms with Crippen LogP contribution in [0.4, 0.5) is 0 Å². The van der Waals surface area contributed by atoms with Crippen molar-refractivity contribution in [1.82, 2.24) is 0 Å². The number of carbonyl (C=O) groups excluding carboxylic acids is 1. The van der Waals surface area contributed by atoms with Crippen LogP contribution in [0.5, 0.6) is 0 Å². The van der Waals surface area contributed by atoms with Gasteiger partial charge in [0.1, 0.15) is 0 Å². The van der Waals surface area contributed by atoms with Crippen LogP contribution in [0.3, 0.4) is 0 Å². The molecule has 11 heavy (non-hydrogen) atoms. The first-order valence-corrected chi connectivity index (χ1v) is 4.09. The van der Waals surface area contributed by atoms with Crippen molar-refractivity contribution in [2.45, 2.75) is 32.6 Å². The highest BCUT2D eigenvalue weighted by Gasteiger charge is 2.04. The second kappa shape index (κ2) is 6.16. The Morgan fingerprint density at radius 1 is 1.64 bits per heavy atom. The van der Waals surface area contributed by atoms with Gasteiger partial charge in [0.25, 0.3) is 0 Å². The zero-order valence-corrected chi connectivity index (χ0v) is 7.05. The number of aliphatic hydroxyl groups excluding tert-OH is 1. The lowest BCUT2D eigenvalue weighted by Crippen LogP contribution is -2.11. The molecule has 0 saturated carbocycles. The first-order valence-electron chi connectivity index (χ1n) is 4.09. The van der Waals surface area contributed by atoms with E-state index in [0.717, 1.165) is 19.3 Å². The van der Waals surface area contributed by atoms with E-state index in [2.05, 4.69) is 0 Å². The second-order valence-electron chi connectivity index (χ2n) is 2.82. The largest absolute Gasteiger partial charge is 0.396 e. The van der Waals surface area contributed by atoms with Gasteiger partial charge in [-0.3, -0.25) is 4.79 Å². The molecule has 0 spiro atoms. The van der Waals surface area contributed by atoms with E-state index in [0.29, 0.717) is 12.3 Å². The minimum atomic E-state index is -0.252. The Morgan fingerprint density at radius 2 is 2.27 bits per heavy atom. The molecule has 3 nitrogen and oxygen atoms in total. The summed E-state index contributed by atoms with van der Waals surface area (Å²) in [5.41, 5.74) is 4.96. The van der Waals surface area contributed by atoms with Crippen LogP contribution >= 0.6 is 0 Å². The van der Waals surface area contributed by atoms with Gasteiger partial charge in [0.05, 0.1) is 0 Å². The summed E-state index contributed by atoms with van der Waals surface area (Å²) in [5, 5.41) is 8.78. The fourth-order valence-electron chi connectivity index (χ4n) is 0.989. The summed E-state index contributed by atoms with van der Waals surface area (Å²) in [4.78, 5) is 10.3. The number of nitrogens with two attached hydrogens (primary N) is 1. The Hall–Kier alpha value is -0.570. The van der Waals surface area contributed by atoms with E-state index in [9.17, 15) is 4.79 Å². The van der Waals surface area contributed by atoms with Gasteiger partial charge in [-0.25, -0.2) is 0 Å². The van der Waals surface area contributed by atoms with Gasteiger partial charge in [0.15, 0.2) is 0 Å². The fourth-order valence-corrected chi connectivity index (χ4v) is 0.989. The Kier molecular flexibility index (Phi) is 5.84. The third-order valence-corrected chi connectivity index (χ3v) is 1.87. The molecular formula is C8H17NO2. The summed E-state index contributed by atoms with van der Waals surface area (Å²) in [6, 6.07) is 0. The molecule has 0 bridgehead atoms. The normalized spacial score (nSPS) is 12.9. The van der Waals surface area contributed by atoms with Gasteiger partial charge in [0.2, 0.25) is 5.91 Å². The van der Waals surface area contributed by atoms with Crippen molar-refractivity contribution in [3.8, 4) is 0 Å². The van der Waals surface area contributed by atoms with Crippen LogP contribution in [0.2, 0.25) is 0 Å². The molecule has 0 saturated heterocycles. The number of amides is 1. The average molecular weight is 159 g/mol. The van der Waals surface area contributed by atoms with E-state index < -0.39 is 0 Å². The highest BCUT2D eigenvalue weighted by molar-refractivity contribution is 5.73. The van der Waals surface area contributed by atoms with Crippen LogP contribution in [-0.2, 0) is 4.79 Å². The van der Waals surface area contributed by atoms with Crippen LogP contribution in [0, 0.1) is 5.92 Å². The smallest absolute Gasteiger partial charge is 0.217 e. The van der Waals surface area contributed by atoms with Crippen molar-refractivity contribution in [3.05, 3.63) is 0 Å². The molecule has 0 aliphatic heterocycles. The lowest BCUT2D eigenvalue weighted by Gasteiger charge is -2.09. The first kappa shape index (κ1) is 10.4.